The highest BCUT2D eigenvalue weighted by Gasteiger charge is 2.05. The van der Waals surface area contributed by atoms with E-state index in [1.165, 1.54) is 37.1 Å². The zero-order valence-corrected chi connectivity index (χ0v) is 17.8. The summed E-state index contributed by atoms with van der Waals surface area (Å²) in [4.78, 5) is 0. The molecule has 2 nitrogen and oxygen atoms in total. The van der Waals surface area contributed by atoms with Crippen LogP contribution in [0.4, 0.5) is 0 Å². The Balaban J connectivity index is 0.00000220. The van der Waals surface area contributed by atoms with E-state index in [1.807, 2.05) is 0 Å². The van der Waals surface area contributed by atoms with Crippen LogP contribution in [-0.4, -0.2) is 0 Å². The van der Waals surface area contributed by atoms with Gasteiger partial charge in [0.2, 0.25) is 0 Å². The molecule has 0 aliphatic carbocycles. The van der Waals surface area contributed by atoms with Crippen LogP contribution in [0, 0.1) is 13.8 Å². The first-order chi connectivity index (χ1) is 9.77. The highest BCUT2D eigenvalue weighted by Crippen LogP contribution is 2.01. The predicted octanol–water partition coefficient (Wildman–Crippen LogP) is -2.85. The Morgan fingerprint density at radius 1 is 0.636 bits per heavy atom. The molecule has 0 bridgehead atoms. The lowest BCUT2D eigenvalue weighted by atomic mass is 10.2. The summed E-state index contributed by atoms with van der Waals surface area (Å²) >= 11 is 0. The summed E-state index contributed by atoms with van der Waals surface area (Å²) in [6.07, 6.45) is 9.53. The Labute approximate surface area is 169 Å². The zero-order chi connectivity index (χ0) is 14.2. The van der Waals surface area contributed by atoms with E-state index in [9.17, 15) is 0 Å². The van der Waals surface area contributed by atoms with Gasteiger partial charge in [0.15, 0.2) is 23.8 Å². The van der Waals surface area contributed by atoms with E-state index in [2.05, 4.69) is 71.8 Å². The van der Waals surface area contributed by atoms with Crippen LogP contribution in [0.2, 0.25) is 0 Å². The summed E-state index contributed by atoms with van der Waals surface area (Å²) in [5.74, 6) is 0. The fourth-order valence-corrected chi connectivity index (χ4v) is 2.54. The maximum absolute atomic E-state index is 2.34. The predicted molar refractivity (Wildman–Crippen MR) is 81.2 cm³/mol. The number of rotatable bonds is 7. The van der Waals surface area contributed by atoms with Crippen molar-refractivity contribution in [2.75, 3.05) is 0 Å². The Bertz CT molecular complexity index is 495. The zero-order valence-electron chi connectivity index (χ0n) is 13.5. The van der Waals surface area contributed by atoms with E-state index in [0.717, 1.165) is 13.1 Å². The van der Waals surface area contributed by atoms with E-state index in [-0.39, 0.29) is 48.0 Å². The van der Waals surface area contributed by atoms with Gasteiger partial charge in [0.05, 0.1) is 0 Å². The number of aromatic nitrogens is 2. The summed E-state index contributed by atoms with van der Waals surface area (Å²) in [5, 5.41) is 0. The summed E-state index contributed by atoms with van der Waals surface area (Å²) in [6.45, 7) is 6.64. The third-order valence-electron chi connectivity index (χ3n) is 3.88. The monoisotopic (exact) mass is 524 g/mol. The van der Waals surface area contributed by atoms with Gasteiger partial charge in [-0.2, -0.15) is 0 Å². The van der Waals surface area contributed by atoms with Crippen LogP contribution in [0.5, 0.6) is 0 Å². The first-order valence-electron chi connectivity index (χ1n) is 7.67. The van der Waals surface area contributed by atoms with Gasteiger partial charge in [0.25, 0.3) is 0 Å². The number of unbranched alkanes of at least 4 members (excludes halogenated alkanes) is 3. The second kappa shape index (κ2) is 12.2. The van der Waals surface area contributed by atoms with Gasteiger partial charge in [-0.05, 0) is 12.8 Å². The molecular formula is C18H26I2N2. The third-order valence-corrected chi connectivity index (χ3v) is 3.88. The van der Waals surface area contributed by atoms with Crippen molar-refractivity contribution in [3.63, 3.8) is 0 Å². The topological polar surface area (TPSA) is 7.76 Å². The van der Waals surface area contributed by atoms with Gasteiger partial charge in [-0.1, -0.05) is 12.1 Å². The normalized spacial score (nSPS) is 9.73. The van der Waals surface area contributed by atoms with Crippen LogP contribution in [0.25, 0.3) is 0 Å². The molecule has 0 unspecified atom stereocenters. The van der Waals surface area contributed by atoms with Gasteiger partial charge in [0.1, 0.15) is 13.1 Å². The second-order valence-corrected chi connectivity index (χ2v) is 5.49. The molecule has 0 spiro atoms. The van der Waals surface area contributed by atoms with Crippen molar-refractivity contribution in [3.05, 3.63) is 60.2 Å². The summed E-state index contributed by atoms with van der Waals surface area (Å²) in [6, 6.07) is 12.8. The average Bonchev–Trinajstić information content (AvgIpc) is 2.46. The minimum Gasteiger partial charge on any atom is -1.00 e. The van der Waals surface area contributed by atoms with E-state index in [4.69, 9.17) is 0 Å². The van der Waals surface area contributed by atoms with E-state index >= 15 is 0 Å². The molecule has 0 aliphatic heterocycles. The van der Waals surface area contributed by atoms with Crippen LogP contribution < -0.4 is 57.1 Å². The molecule has 2 heterocycles. The van der Waals surface area contributed by atoms with Crippen LogP contribution in [0.3, 0.4) is 0 Å². The van der Waals surface area contributed by atoms with Gasteiger partial charge in [-0.25, -0.2) is 9.13 Å². The molecule has 0 amide bonds. The third kappa shape index (κ3) is 7.35. The first-order valence-corrected chi connectivity index (χ1v) is 7.67. The molecule has 0 radical (unpaired) electrons. The summed E-state index contributed by atoms with van der Waals surface area (Å²) in [7, 11) is 0. The Morgan fingerprint density at radius 3 is 1.41 bits per heavy atom. The van der Waals surface area contributed by atoms with E-state index in [1.54, 1.807) is 0 Å². The van der Waals surface area contributed by atoms with Crippen LogP contribution in [0.1, 0.15) is 37.1 Å². The number of pyridine rings is 2. The van der Waals surface area contributed by atoms with Gasteiger partial charge in [-0.3, -0.25) is 0 Å². The van der Waals surface area contributed by atoms with Gasteiger partial charge >= 0.3 is 0 Å². The number of aryl methyl sites for hydroxylation is 4. The van der Waals surface area contributed by atoms with Crippen molar-refractivity contribution in [2.45, 2.75) is 52.6 Å². The summed E-state index contributed by atoms with van der Waals surface area (Å²) in [5.41, 5.74) is 2.70. The minimum atomic E-state index is 0. The largest absolute Gasteiger partial charge is 1.00 e. The summed E-state index contributed by atoms with van der Waals surface area (Å²) < 4.78 is 4.69. The quantitative estimate of drug-likeness (QED) is 0.210. The van der Waals surface area contributed by atoms with Crippen molar-refractivity contribution >= 4 is 0 Å². The van der Waals surface area contributed by atoms with Crippen molar-refractivity contribution in [3.8, 4) is 0 Å². The van der Waals surface area contributed by atoms with Gasteiger partial charge < -0.3 is 48.0 Å². The molecule has 2 rings (SSSR count). The highest BCUT2D eigenvalue weighted by atomic mass is 127. The Kier molecular flexibility index (Phi) is 12.1. The number of halogens is 2. The molecule has 0 saturated heterocycles. The van der Waals surface area contributed by atoms with Crippen molar-refractivity contribution in [1.82, 2.24) is 0 Å². The smallest absolute Gasteiger partial charge is 0.178 e. The SMILES string of the molecule is Cc1cccc[n+]1CCCCCC[n+]1ccccc1C.[I-].[I-]. The number of nitrogens with zero attached hydrogens (tertiary/aromatic N) is 2. The molecule has 4 heteroatoms. The van der Waals surface area contributed by atoms with Crippen LogP contribution in [-0.2, 0) is 13.1 Å². The maximum Gasteiger partial charge on any atom is 0.178 e. The van der Waals surface area contributed by atoms with Crippen LogP contribution >= 0.6 is 0 Å². The fourth-order valence-electron chi connectivity index (χ4n) is 2.54. The maximum atomic E-state index is 2.34. The highest BCUT2D eigenvalue weighted by molar-refractivity contribution is 4.94. The molecule has 2 aromatic heterocycles. The lowest BCUT2D eigenvalue weighted by Crippen LogP contribution is -3.00. The number of hydrogen-bond donors (Lipinski definition) is 0. The Hall–Kier alpha value is -0.240. The van der Waals surface area contributed by atoms with E-state index in [0.29, 0.717) is 0 Å². The van der Waals surface area contributed by atoms with Crippen molar-refractivity contribution < 1.29 is 57.1 Å². The molecule has 22 heavy (non-hydrogen) atoms. The molecule has 122 valence electrons. The molecule has 0 fully saturated rings. The average molecular weight is 524 g/mol. The lowest BCUT2D eigenvalue weighted by Gasteiger charge is -2.01. The first kappa shape index (κ1) is 21.8. The van der Waals surface area contributed by atoms with Crippen molar-refractivity contribution in [1.29, 1.82) is 0 Å². The Morgan fingerprint density at radius 2 is 1.05 bits per heavy atom. The molecule has 2 aromatic rings. The minimum absolute atomic E-state index is 0. The standard InChI is InChI=1S/C18H26N2.2HI/c1-17-11-5-9-15-19(17)13-7-3-4-8-14-20-16-10-6-12-18(20)2;;/h5-6,9-12,15-16H,3-4,7-8,13-14H2,1-2H3;2*1H/q+2;;/p-2. The van der Waals surface area contributed by atoms with Gasteiger partial charge in [0, 0.05) is 51.0 Å². The molecular weight excluding hydrogens is 498 g/mol. The van der Waals surface area contributed by atoms with Crippen LogP contribution in [0.15, 0.2) is 48.8 Å². The number of hydrogen-bond acceptors (Lipinski definition) is 0. The van der Waals surface area contributed by atoms with E-state index < -0.39 is 0 Å². The molecule has 0 aromatic carbocycles. The molecule has 0 N–H and O–H groups in total. The lowest BCUT2D eigenvalue weighted by molar-refractivity contribution is -0.704. The fraction of sp³-hybridized carbons (Fsp3) is 0.444. The second-order valence-electron chi connectivity index (χ2n) is 5.49. The van der Waals surface area contributed by atoms with Gasteiger partial charge in [-0.15, -0.1) is 0 Å². The van der Waals surface area contributed by atoms with Crippen molar-refractivity contribution in [2.24, 2.45) is 0 Å². The molecule has 0 atom stereocenters. The molecule has 0 aliphatic rings. The molecule has 0 saturated carbocycles.